The number of piperazine rings is 1. The molecule has 4 aromatic rings. The van der Waals surface area contributed by atoms with Crippen LogP contribution in [0, 0.1) is 0 Å². The van der Waals surface area contributed by atoms with E-state index in [9.17, 15) is 9.59 Å². The smallest absolute Gasteiger partial charge is 0.289 e. The molecule has 1 aliphatic carbocycles. The van der Waals surface area contributed by atoms with Crippen LogP contribution < -0.4 is 10.3 Å². The Hall–Kier alpha value is -3.99. The van der Waals surface area contributed by atoms with Gasteiger partial charge in [-0.3, -0.25) is 14.5 Å². The van der Waals surface area contributed by atoms with Crippen molar-refractivity contribution in [2.75, 3.05) is 33.3 Å². The van der Waals surface area contributed by atoms with E-state index in [0.29, 0.717) is 54.6 Å². The van der Waals surface area contributed by atoms with Gasteiger partial charge in [-0.15, -0.1) is 5.10 Å². The van der Waals surface area contributed by atoms with Gasteiger partial charge in [-0.05, 0) is 59.0 Å². The number of amides is 1. The van der Waals surface area contributed by atoms with E-state index in [0.717, 1.165) is 31.1 Å². The Kier molecular flexibility index (Phi) is 6.21. The maximum absolute atomic E-state index is 13.5. The van der Waals surface area contributed by atoms with Crippen molar-refractivity contribution >= 4 is 16.8 Å². The van der Waals surface area contributed by atoms with Gasteiger partial charge < -0.3 is 19.0 Å². The Morgan fingerprint density at radius 1 is 1.14 bits per heavy atom. The van der Waals surface area contributed by atoms with E-state index < -0.39 is 6.04 Å². The van der Waals surface area contributed by atoms with E-state index in [1.807, 2.05) is 28.9 Å². The van der Waals surface area contributed by atoms with Gasteiger partial charge in [0.1, 0.15) is 11.8 Å². The van der Waals surface area contributed by atoms with Crippen LogP contribution in [0.4, 0.5) is 0 Å². The van der Waals surface area contributed by atoms with E-state index >= 15 is 0 Å². The number of carbonyl (C=O) groups excluding carboxylic acids is 1. The Morgan fingerprint density at radius 2 is 1.95 bits per heavy atom. The molecule has 3 aromatic heterocycles. The van der Waals surface area contributed by atoms with Crippen molar-refractivity contribution in [3.05, 3.63) is 70.2 Å². The number of aromatic amines is 1. The molecule has 4 heterocycles. The zero-order valence-corrected chi connectivity index (χ0v) is 20.7. The molecular formula is C26H29N7O4. The summed E-state index contributed by atoms with van der Waals surface area (Å²) in [6.45, 7) is 2.14. The van der Waals surface area contributed by atoms with Crippen molar-refractivity contribution in [2.45, 2.75) is 37.8 Å². The highest BCUT2D eigenvalue weighted by atomic mass is 16.5. The normalized spacial score (nSPS) is 17.9. The maximum Gasteiger partial charge on any atom is 0.289 e. The number of ether oxygens (including phenoxy) is 1. The second-order valence-corrected chi connectivity index (χ2v) is 9.63. The summed E-state index contributed by atoms with van der Waals surface area (Å²) < 4.78 is 12.5. The first-order valence-electron chi connectivity index (χ1n) is 12.7. The Labute approximate surface area is 213 Å². The number of aromatic nitrogens is 5. The topological polar surface area (TPSA) is 122 Å². The number of methoxy groups -OCH3 is 1. The molecule has 1 N–H and O–H groups in total. The second kappa shape index (κ2) is 9.81. The van der Waals surface area contributed by atoms with E-state index in [4.69, 9.17) is 9.15 Å². The molecule has 1 unspecified atom stereocenters. The minimum Gasteiger partial charge on any atom is -0.497 e. The van der Waals surface area contributed by atoms with Crippen LogP contribution in [0.15, 0.2) is 51.9 Å². The molecule has 0 bridgehead atoms. The zero-order chi connectivity index (χ0) is 25.4. The maximum atomic E-state index is 13.5. The lowest BCUT2D eigenvalue weighted by atomic mass is 10.0. The quantitative estimate of drug-likeness (QED) is 0.426. The summed E-state index contributed by atoms with van der Waals surface area (Å²) in [5, 5.41) is 13.7. The molecule has 0 radical (unpaired) electrons. The minimum atomic E-state index is -0.452. The number of H-pyrrole nitrogens is 1. The molecule has 1 atom stereocenters. The summed E-state index contributed by atoms with van der Waals surface area (Å²) in [4.78, 5) is 33.3. The zero-order valence-electron chi connectivity index (χ0n) is 20.7. The largest absolute Gasteiger partial charge is 0.497 e. The van der Waals surface area contributed by atoms with Crippen LogP contribution in [0.1, 0.15) is 59.7 Å². The number of pyridine rings is 1. The third-order valence-electron chi connectivity index (χ3n) is 7.51. The number of hydrogen-bond donors (Lipinski definition) is 1. The van der Waals surface area contributed by atoms with Crippen molar-refractivity contribution in [1.29, 1.82) is 0 Å². The number of carbonyl (C=O) groups is 1. The highest BCUT2D eigenvalue weighted by molar-refractivity contribution is 5.91. The summed E-state index contributed by atoms with van der Waals surface area (Å²) in [6, 6.07) is 10.7. The number of nitrogens with one attached hydrogen (secondary N) is 1. The minimum absolute atomic E-state index is 0.130. The molecule has 1 saturated heterocycles. The fourth-order valence-corrected chi connectivity index (χ4v) is 5.55. The SMILES string of the molecule is COc1ccc2cc(C(c3nnnn3C3CCCC3)N3CCN(C(=O)c4ccco4)CC3)c(=O)[nH]c2c1. The number of nitrogens with zero attached hydrogens (tertiary/aromatic N) is 6. The molecule has 6 rings (SSSR count). The van der Waals surface area contributed by atoms with E-state index in [1.165, 1.54) is 6.26 Å². The van der Waals surface area contributed by atoms with Crippen LogP contribution >= 0.6 is 0 Å². The molecule has 192 valence electrons. The first-order chi connectivity index (χ1) is 18.1. The molecule has 1 amide bonds. The molecule has 1 aliphatic heterocycles. The van der Waals surface area contributed by atoms with Gasteiger partial charge in [0, 0.05) is 37.8 Å². The van der Waals surface area contributed by atoms with Gasteiger partial charge in [-0.1, -0.05) is 12.8 Å². The summed E-state index contributed by atoms with van der Waals surface area (Å²) >= 11 is 0. The monoisotopic (exact) mass is 503 g/mol. The van der Waals surface area contributed by atoms with E-state index in [2.05, 4.69) is 25.4 Å². The molecule has 1 saturated carbocycles. The van der Waals surface area contributed by atoms with Gasteiger partial charge in [-0.2, -0.15) is 0 Å². The highest BCUT2D eigenvalue weighted by Gasteiger charge is 2.35. The van der Waals surface area contributed by atoms with Crippen molar-refractivity contribution < 1.29 is 13.9 Å². The number of rotatable bonds is 6. The molecule has 11 heteroatoms. The fraction of sp³-hybridized carbons (Fsp3) is 0.423. The standard InChI is InChI=1S/C26H29N7O4/c1-36-19-9-8-17-15-20(25(34)27-21(17)16-19)23(24-28-29-30-33(24)18-5-2-3-6-18)31-10-12-32(13-11-31)26(35)22-7-4-14-37-22/h4,7-9,14-16,18,23H,2-3,5-6,10-13H2,1H3,(H,27,34). The summed E-state index contributed by atoms with van der Waals surface area (Å²) in [7, 11) is 1.60. The number of furan rings is 1. The molecule has 1 aromatic carbocycles. The van der Waals surface area contributed by atoms with Gasteiger partial charge in [0.05, 0.1) is 24.9 Å². The van der Waals surface area contributed by atoms with Gasteiger partial charge in [0.15, 0.2) is 11.6 Å². The highest BCUT2D eigenvalue weighted by Crippen LogP contribution is 2.34. The van der Waals surface area contributed by atoms with Crippen molar-refractivity contribution in [2.24, 2.45) is 0 Å². The number of hydrogen-bond acceptors (Lipinski definition) is 8. The third-order valence-corrected chi connectivity index (χ3v) is 7.51. The second-order valence-electron chi connectivity index (χ2n) is 9.63. The van der Waals surface area contributed by atoms with Gasteiger partial charge in [0.2, 0.25) is 0 Å². The van der Waals surface area contributed by atoms with E-state index in [-0.39, 0.29) is 17.5 Å². The summed E-state index contributed by atoms with van der Waals surface area (Å²) in [5.41, 5.74) is 1.09. The number of tetrazole rings is 1. The van der Waals surface area contributed by atoms with Crippen LogP contribution in [0.3, 0.4) is 0 Å². The van der Waals surface area contributed by atoms with Gasteiger partial charge in [-0.25, -0.2) is 4.68 Å². The lowest BCUT2D eigenvalue weighted by Crippen LogP contribution is -2.50. The Morgan fingerprint density at radius 3 is 2.68 bits per heavy atom. The van der Waals surface area contributed by atoms with Crippen LogP contribution in [0.5, 0.6) is 5.75 Å². The predicted octanol–water partition coefficient (Wildman–Crippen LogP) is 2.78. The van der Waals surface area contributed by atoms with Gasteiger partial charge in [0.25, 0.3) is 11.5 Å². The van der Waals surface area contributed by atoms with Crippen LogP contribution in [-0.2, 0) is 0 Å². The Balaban J connectivity index is 1.37. The molecule has 11 nitrogen and oxygen atoms in total. The van der Waals surface area contributed by atoms with Crippen LogP contribution in [0.2, 0.25) is 0 Å². The number of benzene rings is 1. The molecule has 2 aliphatic rings. The predicted molar refractivity (Wildman–Crippen MR) is 134 cm³/mol. The number of fused-ring (bicyclic) bond motifs is 1. The van der Waals surface area contributed by atoms with E-state index in [1.54, 1.807) is 24.1 Å². The summed E-state index contributed by atoms with van der Waals surface area (Å²) in [5.74, 6) is 1.54. The van der Waals surface area contributed by atoms with Crippen LogP contribution in [-0.4, -0.2) is 74.2 Å². The molecular weight excluding hydrogens is 474 g/mol. The van der Waals surface area contributed by atoms with Crippen LogP contribution in [0.25, 0.3) is 10.9 Å². The molecule has 2 fully saturated rings. The lowest BCUT2D eigenvalue weighted by Gasteiger charge is -2.38. The Bertz CT molecular complexity index is 1450. The first kappa shape index (κ1) is 23.4. The molecule has 0 spiro atoms. The average molecular weight is 504 g/mol. The lowest BCUT2D eigenvalue weighted by molar-refractivity contribution is 0.0557. The van der Waals surface area contributed by atoms with Crippen molar-refractivity contribution in [3.8, 4) is 5.75 Å². The van der Waals surface area contributed by atoms with Crippen molar-refractivity contribution in [3.63, 3.8) is 0 Å². The fourth-order valence-electron chi connectivity index (χ4n) is 5.55. The molecule has 37 heavy (non-hydrogen) atoms. The summed E-state index contributed by atoms with van der Waals surface area (Å²) in [6.07, 6.45) is 5.82. The first-order valence-corrected chi connectivity index (χ1v) is 12.7. The van der Waals surface area contributed by atoms with Crippen molar-refractivity contribution in [1.82, 2.24) is 35.0 Å². The average Bonchev–Trinajstić information content (AvgIpc) is 3.72. The van der Waals surface area contributed by atoms with Gasteiger partial charge >= 0.3 is 0 Å². The third kappa shape index (κ3) is 4.39.